The topological polar surface area (TPSA) is 24.1 Å². The van der Waals surface area contributed by atoms with Crippen LogP contribution in [0, 0.1) is 11.6 Å². The average Bonchev–Trinajstić information content (AvgIpc) is 2.48. The summed E-state index contributed by atoms with van der Waals surface area (Å²) in [5, 5.41) is 6.54. The van der Waals surface area contributed by atoms with Crippen molar-refractivity contribution >= 4 is 17.3 Å². The van der Waals surface area contributed by atoms with E-state index in [9.17, 15) is 8.78 Å². The lowest BCUT2D eigenvalue weighted by Gasteiger charge is -2.18. The van der Waals surface area contributed by atoms with Gasteiger partial charge in [-0.3, -0.25) is 0 Å². The Morgan fingerprint density at radius 3 is 2.55 bits per heavy atom. The largest absolute Gasteiger partial charge is 0.362 e. The minimum atomic E-state index is -0.586. The van der Waals surface area contributed by atoms with E-state index in [0.717, 1.165) is 12.5 Å². The lowest BCUT2D eigenvalue weighted by Crippen LogP contribution is -2.38. The fourth-order valence-corrected chi connectivity index (χ4v) is 2.42. The lowest BCUT2D eigenvalue weighted by molar-refractivity contribution is 0.552. The van der Waals surface area contributed by atoms with E-state index in [-0.39, 0.29) is 6.04 Å². The molecule has 0 saturated carbocycles. The molecule has 5 heteroatoms. The van der Waals surface area contributed by atoms with Crippen molar-refractivity contribution in [3.05, 3.63) is 71.3 Å². The van der Waals surface area contributed by atoms with E-state index < -0.39 is 11.6 Å². The van der Waals surface area contributed by atoms with Crippen molar-refractivity contribution in [3.8, 4) is 0 Å². The first kappa shape index (κ1) is 16.4. The summed E-state index contributed by atoms with van der Waals surface area (Å²) in [4.78, 5) is 0. The van der Waals surface area contributed by atoms with E-state index in [0.29, 0.717) is 17.2 Å². The number of benzene rings is 2. The van der Waals surface area contributed by atoms with Gasteiger partial charge in [0.25, 0.3) is 0 Å². The van der Waals surface area contributed by atoms with Crippen LogP contribution in [0.25, 0.3) is 0 Å². The summed E-state index contributed by atoms with van der Waals surface area (Å²) < 4.78 is 26.6. The summed E-state index contributed by atoms with van der Waals surface area (Å²) in [7, 11) is 0. The highest BCUT2D eigenvalue weighted by atomic mass is 32.1. The van der Waals surface area contributed by atoms with Gasteiger partial charge in [-0.05, 0) is 37.2 Å². The van der Waals surface area contributed by atoms with Crippen LogP contribution in [0.15, 0.2) is 48.5 Å². The van der Waals surface area contributed by atoms with E-state index in [1.807, 2.05) is 18.2 Å². The third kappa shape index (κ3) is 4.77. The molecule has 1 atom stereocenters. The van der Waals surface area contributed by atoms with Crippen LogP contribution in [0.5, 0.6) is 0 Å². The third-order valence-electron chi connectivity index (χ3n) is 3.32. The molecule has 0 saturated heterocycles. The highest BCUT2D eigenvalue weighted by molar-refractivity contribution is 7.80. The summed E-state index contributed by atoms with van der Waals surface area (Å²) in [6, 6.07) is 13.3. The molecule has 0 fully saturated rings. The molecular weight excluding hydrogens is 302 g/mol. The fourth-order valence-electron chi connectivity index (χ4n) is 2.14. The normalized spacial score (nSPS) is 11.8. The van der Waals surface area contributed by atoms with Gasteiger partial charge in [0.2, 0.25) is 0 Å². The Kier molecular flexibility index (Phi) is 5.83. The van der Waals surface area contributed by atoms with Gasteiger partial charge in [0.05, 0.1) is 6.04 Å². The summed E-state index contributed by atoms with van der Waals surface area (Å²) in [5.74, 6) is -1.16. The first-order valence-electron chi connectivity index (χ1n) is 7.09. The molecule has 0 spiro atoms. The number of hydrogen-bond acceptors (Lipinski definition) is 1. The second-order valence-corrected chi connectivity index (χ2v) is 5.43. The van der Waals surface area contributed by atoms with Gasteiger partial charge in [0, 0.05) is 18.2 Å². The molecule has 0 aliphatic rings. The van der Waals surface area contributed by atoms with E-state index in [1.165, 1.54) is 17.7 Å². The summed E-state index contributed by atoms with van der Waals surface area (Å²) in [6.45, 7) is 2.47. The Hall–Kier alpha value is -2.01. The predicted molar refractivity (Wildman–Crippen MR) is 88.7 cm³/mol. The SMILES string of the molecule is C[C@@H](NC(=S)NCCc1ccccc1)c1ccc(F)cc1F. The summed E-state index contributed by atoms with van der Waals surface area (Å²) >= 11 is 5.20. The standard InChI is InChI=1S/C17H18F2N2S/c1-12(15-8-7-14(18)11-16(15)19)21-17(22)20-10-9-13-5-3-2-4-6-13/h2-8,11-12H,9-10H2,1H3,(H2,20,21,22)/t12-/m1/s1. The molecule has 0 bridgehead atoms. The molecule has 2 nitrogen and oxygen atoms in total. The molecule has 22 heavy (non-hydrogen) atoms. The Morgan fingerprint density at radius 1 is 1.14 bits per heavy atom. The monoisotopic (exact) mass is 320 g/mol. The lowest BCUT2D eigenvalue weighted by atomic mass is 10.1. The summed E-state index contributed by atoms with van der Waals surface area (Å²) in [6.07, 6.45) is 0.849. The van der Waals surface area contributed by atoms with Crippen molar-refractivity contribution < 1.29 is 8.78 Å². The van der Waals surface area contributed by atoms with Crippen molar-refractivity contribution in [1.82, 2.24) is 10.6 Å². The van der Waals surface area contributed by atoms with Crippen LogP contribution in [0.1, 0.15) is 24.1 Å². The first-order valence-corrected chi connectivity index (χ1v) is 7.50. The average molecular weight is 320 g/mol. The second kappa shape index (κ2) is 7.84. The first-order chi connectivity index (χ1) is 10.6. The van der Waals surface area contributed by atoms with Gasteiger partial charge in [-0.15, -0.1) is 0 Å². The number of hydrogen-bond donors (Lipinski definition) is 2. The highest BCUT2D eigenvalue weighted by Gasteiger charge is 2.12. The maximum atomic E-state index is 13.7. The van der Waals surface area contributed by atoms with Crippen LogP contribution in [0.4, 0.5) is 8.78 Å². The molecule has 0 aliphatic heterocycles. The van der Waals surface area contributed by atoms with E-state index in [1.54, 1.807) is 6.92 Å². The second-order valence-electron chi connectivity index (χ2n) is 5.02. The van der Waals surface area contributed by atoms with Crippen LogP contribution in [-0.4, -0.2) is 11.7 Å². The van der Waals surface area contributed by atoms with Crippen molar-refractivity contribution in [2.24, 2.45) is 0 Å². The van der Waals surface area contributed by atoms with Crippen molar-refractivity contribution in [2.75, 3.05) is 6.54 Å². The Bertz CT molecular complexity index is 632. The highest BCUT2D eigenvalue weighted by Crippen LogP contribution is 2.17. The maximum absolute atomic E-state index is 13.7. The van der Waals surface area contributed by atoms with Crippen LogP contribution in [0.2, 0.25) is 0 Å². The Labute approximate surface area is 134 Å². The fraction of sp³-hybridized carbons (Fsp3) is 0.235. The molecule has 2 aromatic rings. The molecule has 0 radical (unpaired) electrons. The number of nitrogens with one attached hydrogen (secondary N) is 2. The zero-order valence-electron chi connectivity index (χ0n) is 12.3. The van der Waals surface area contributed by atoms with Crippen molar-refractivity contribution in [1.29, 1.82) is 0 Å². The van der Waals surface area contributed by atoms with Crippen molar-refractivity contribution in [3.63, 3.8) is 0 Å². The molecule has 2 N–H and O–H groups in total. The number of rotatable bonds is 5. The molecule has 0 amide bonds. The molecular formula is C17H18F2N2S. The van der Waals surface area contributed by atoms with Crippen LogP contribution < -0.4 is 10.6 Å². The zero-order valence-corrected chi connectivity index (χ0v) is 13.1. The number of halogens is 2. The van der Waals surface area contributed by atoms with E-state index in [4.69, 9.17) is 12.2 Å². The third-order valence-corrected chi connectivity index (χ3v) is 3.58. The minimum Gasteiger partial charge on any atom is -0.362 e. The minimum absolute atomic E-state index is 0.336. The quantitative estimate of drug-likeness (QED) is 0.821. The molecule has 0 heterocycles. The Balaban J connectivity index is 1.81. The predicted octanol–water partition coefficient (Wildman–Crippen LogP) is 3.73. The Morgan fingerprint density at radius 2 is 1.86 bits per heavy atom. The van der Waals surface area contributed by atoms with E-state index >= 15 is 0 Å². The van der Waals surface area contributed by atoms with Crippen LogP contribution in [0.3, 0.4) is 0 Å². The molecule has 2 rings (SSSR count). The van der Waals surface area contributed by atoms with Crippen LogP contribution >= 0.6 is 12.2 Å². The van der Waals surface area contributed by atoms with E-state index in [2.05, 4.69) is 22.8 Å². The summed E-state index contributed by atoms with van der Waals surface area (Å²) in [5.41, 5.74) is 1.60. The molecule has 0 unspecified atom stereocenters. The van der Waals surface area contributed by atoms with Gasteiger partial charge in [-0.1, -0.05) is 36.4 Å². The smallest absolute Gasteiger partial charge is 0.166 e. The van der Waals surface area contributed by atoms with Gasteiger partial charge < -0.3 is 10.6 Å². The molecule has 0 aromatic heterocycles. The van der Waals surface area contributed by atoms with Gasteiger partial charge in [0.15, 0.2) is 5.11 Å². The van der Waals surface area contributed by atoms with Crippen LogP contribution in [-0.2, 0) is 6.42 Å². The van der Waals surface area contributed by atoms with Crippen molar-refractivity contribution in [2.45, 2.75) is 19.4 Å². The van der Waals surface area contributed by atoms with Gasteiger partial charge in [-0.2, -0.15) is 0 Å². The zero-order chi connectivity index (χ0) is 15.9. The van der Waals surface area contributed by atoms with Gasteiger partial charge >= 0.3 is 0 Å². The van der Waals surface area contributed by atoms with Gasteiger partial charge in [-0.25, -0.2) is 8.78 Å². The van der Waals surface area contributed by atoms with Gasteiger partial charge in [0.1, 0.15) is 11.6 Å². The maximum Gasteiger partial charge on any atom is 0.166 e. The molecule has 116 valence electrons. The molecule has 2 aromatic carbocycles. The molecule has 0 aliphatic carbocycles. The number of thiocarbonyl (C=S) groups is 1.